The Kier molecular flexibility index (Phi) is 4.44. The Hall–Kier alpha value is -1.87. The van der Waals surface area contributed by atoms with Crippen molar-refractivity contribution in [3.8, 4) is 5.88 Å². The number of fused-ring (bicyclic) bond motifs is 1. The fraction of sp³-hybridized carbons (Fsp3) is 0.421. The number of pyridine rings is 1. The molecular formula is C19H23NO2. The number of aromatic nitrogens is 1. The fourth-order valence-electron chi connectivity index (χ4n) is 3.21. The maximum atomic E-state index is 10.7. The van der Waals surface area contributed by atoms with Crippen molar-refractivity contribution in [2.75, 3.05) is 7.11 Å². The van der Waals surface area contributed by atoms with Crippen LogP contribution in [0.3, 0.4) is 0 Å². The lowest BCUT2D eigenvalue weighted by molar-refractivity contribution is 0.103. The fourth-order valence-corrected chi connectivity index (χ4v) is 3.21. The smallest absolute Gasteiger partial charge is 0.216 e. The summed E-state index contributed by atoms with van der Waals surface area (Å²) < 4.78 is 5.35. The highest BCUT2D eigenvalue weighted by molar-refractivity contribution is 5.81. The molecule has 3 heteroatoms. The summed E-state index contributed by atoms with van der Waals surface area (Å²) in [7, 11) is 1.65. The summed E-state index contributed by atoms with van der Waals surface area (Å²) in [5.41, 5.74) is 3.00. The highest BCUT2D eigenvalue weighted by Gasteiger charge is 2.21. The van der Waals surface area contributed by atoms with Gasteiger partial charge < -0.3 is 9.84 Å². The molecule has 0 fully saturated rings. The van der Waals surface area contributed by atoms with E-state index in [1.54, 1.807) is 7.11 Å². The van der Waals surface area contributed by atoms with Crippen LogP contribution in [0, 0.1) is 5.92 Å². The molecule has 1 N–H and O–H groups in total. The minimum absolute atomic E-state index is 0.319. The van der Waals surface area contributed by atoms with E-state index in [2.05, 4.69) is 36.2 Å². The molecule has 1 aromatic carbocycles. The number of nitrogens with zero attached hydrogens (tertiary/aromatic N) is 1. The van der Waals surface area contributed by atoms with Crippen LogP contribution in [0.1, 0.15) is 43.4 Å². The van der Waals surface area contributed by atoms with Gasteiger partial charge in [-0.25, -0.2) is 4.98 Å². The molecule has 0 saturated heterocycles. The van der Waals surface area contributed by atoms with Gasteiger partial charge in [0, 0.05) is 10.9 Å². The van der Waals surface area contributed by atoms with Gasteiger partial charge in [-0.15, -0.1) is 0 Å². The van der Waals surface area contributed by atoms with Crippen LogP contribution in [-0.4, -0.2) is 17.2 Å². The van der Waals surface area contributed by atoms with Gasteiger partial charge in [0.15, 0.2) is 0 Å². The Morgan fingerprint density at radius 1 is 1.32 bits per heavy atom. The van der Waals surface area contributed by atoms with Crippen LogP contribution in [-0.2, 0) is 6.42 Å². The third kappa shape index (κ3) is 2.86. The molecule has 3 nitrogen and oxygen atoms in total. The molecule has 0 saturated carbocycles. The number of rotatable bonds is 4. The maximum Gasteiger partial charge on any atom is 0.216 e. The van der Waals surface area contributed by atoms with Gasteiger partial charge in [0.2, 0.25) is 5.88 Å². The molecule has 2 aromatic rings. The van der Waals surface area contributed by atoms with Crippen LogP contribution in [0.2, 0.25) is 0 Å². The molecule has 22 heavy (non-hydrogen) atoms. The van der Waals surface area contributed by atoms with Crippen LogP contribution in [0.5, 0.6) is 5.88 Å². The van der Waals surface area contributed by atoms with Gasteiger partial charge in [-0.3, -0.25) is 0 Å². The molecule has 0 amide bonds. The van der Waals surface area contributed by atoms with Crippen LogP contribution < -0.4 is 4.74 Å². The third-order valence-corrected chi connectivity index (χ3v) is 4.55. The van der Waals surface area contributed by atoms with Gasteiger partial charge in [-0.2, -0.15) is 0 Å². The highest BCUT2D eigenvalue weighted by Crippen LogP contribution is 2.33. The minimum Gasteiger partial charge on any atom is -0.481 e. The first-order chi connectivity index (χ1) is 10.7. The number of allylic oxidation sites excluding steroid dienone is 2. The number of aliphatic hydroxyl groups excluding tert-OH is 1. The van der Waals surface area contributed by atoms with Crippen LogP contribution in [0.4, 0.5) is 0 Å². The van der Waals surface area contributed by atoms with Gasteiger partial charge in [-0.05, 0) is 55.4 Å². The standard InChI is InChI=1S/C19H23NO2/c1-3-13-11-16-12-15(9-10-17(16)20-19(13)22-2)18(21)14-7-5-4-6-8-14/h4-5,9-12,14,18,21H,3,6-8H2,1-2H3. The van der Waals surface area contributed by atoms with Crippen molar-refractivity contribution in [2.45, 2.75) is 38.7 Å². The zero-order chi connectivity index (χ0) is 15.5. The number of hydrogen-bond acceptors (Lipinski definition) is 3. The summed E-state index contributed by atoms with van der Waals surface area (Å²) in [6.07, 6.45) is 7.94. The number of aliphatic hydroxyl groups is 1. The quantitative estimate of drug-likeness (QED) is 0.860. The molecule has 1 heterocycles. The summed E-state index contributed by atoms with van der Waals surface area (Å²) in [5.74, 6) is 1.01. The first-order valence-electron chi connectivity index (χ1n) is 8.03. The van der Waals surface area contributed by atoms with Gasteiger partial charge in [0.25, 0.3) is 0 Å². The summed E-state index contributed by atoms with van der Waals surface area (Å²) in [6.45, 7) is 2.10. The Bertz CT molecular complexity index is 693. The van der Waals surface area contributed by atoms with Gasteiger partial charge in [0.1, 0.15) is 0 Å². The summed E-state index contributed by atoms with van der Waals surface area (Å²) in [5, 5.41) is 11.7. The van der Waals surface area contributed by atoms with Crippen LogP contribution in [0.25, 0.3) is 10.9 Å². The molecule has 0 spiro atoms. The predicted molar refractivity (Wildman–Crippen MR) is 89.1 cm³/mol. The Morgan fingerprint density at radius 3 is 2.86 bits per heavy atom. The first-order valence-corrected chi connectivity index (χ1v) is 8.03. The Balaban J connectivity index is 1.96. The largest absolute Gasteiger partial charge is 0.481 e. The van der Waals surface area contributed by atoms with E-state index < -0.39 is 6.10 Å². The van der Waals surface area contributed by atoms with E-state index in [1.165, 1.54) is 0 Å². The lowest BCUT2D eigenvalue weighted by atomic mass is 9.86. The Labute approximate surface area is 131 Å². The van der Waals surface area contributed by atoms with E-state index in [0.717, 1.165) is 47.7 Å². The topological polar surface area (TPSA) is 42.4 Å². The second kappa shape index (κ2) is 6.49. The van der Waals surface area contributed by atoms with Gasteiger partial charge in [0.05, 0.1) is 18.7 Å². The number of benzene rings is 1. The zero-order valence-corrected chi connectivity index (χ0v) is 13.2. The van der Waals surface area contributed by atoms with Crippen molar-refractivity contribution in [3.63, 3.8) is 0 Å². The second-order valence-electron chi connectivity index (χ2n) is 5.95. The summed E-state index contributed by atoms with van der Waals surface area (Å²) >= 11 is 0. The van der Waals surface area contributed by atoms with Crippen molar-refractivity contribution < 1.29 is 9.84 Å². The summed E-state index contributed by atoms with van der Waals surface area (Å²) in [6, 6.07) is 8.17. The number of hydrogen-bond donors (Lipinski definition) is 1. The molecule has 0 bridgehead atoms. The van der Waals surface area contributed by atoms with E-state index in [0.29, 0.717) is 11.8 Å². The maximum absolute atomic E-state index is 10.7. The average Bonchev–Trinajstić information content (AvgIpc) is 2.60. The van der Waals surface area contributed by atoms with E-state index in [-0.39, 0.29) is 0 Å². The van der Waals surface area contributed by atoms with Crippen molar-refractivity contribution in [1.29, 1.82) is 0 Å². The number of methoxy groups -OCH3 is 1. The lowest BCUT2D eigenvalue weighted by Crippen LogP contribution is -2.13. The molecule has 3 rings (SSSR count). The number of ether oxygens (including phenoxy) is 1. The molecule has 0 aliphatic heterocycles. The van der Waals surface area contributed by atoms with Gasteiger partial charge in [-0.1, -0.05) is 25.1 Å². The minimum atomic E-state index is -0.401. The monoisotopic (exact) mass is 297 g/mol. The van der Waals surface area contributed by atoms with Crippen molar-refractivity contribution in [2.24, 2.45) is 5.92 Å². The van der Waals surface area contributed by atoms with Crippen LogP contribution in [0.15, 0.2) is 36.4 Å². The molecule has 1 aromatic heterocycles. The first kappa shape index (κ1) is 15.0. The SMILES string of the molecule is CCc1cc2cc(C(O)C3CC=CCC3)ccc2nc1OC. The second-order valence-corrected chi connectivity index (χ2v) is 5.95. The molecule has 2 atom stereocenters. The zero-order valence-electron chi connectivity index (χ0n) is 13.2. The third-order valence-electron chi connectivity index (χ3n) is 4.55. The molecular weight excluding hydrogens is 274 g/mol. The Morgan fingerprint density at radius 2 is 2.18 bits per heavy atom. The van der Waals surface area contributed by atoms with E-state index >= 15 is 0 Å². The average molecular weight is 297 g/mol. The molecule has 0 radical (unpaired) electrons. The van der Waals surface area contributed by atoms with Crippen LogP contribution >= 0.6 is 0 Å². The lowest BCUT2D eigenvalue weighted by Gasteiger charge is -2.24. The van der Waals surface area contributed by atoms with E-state index in [9.17, 15) is 5.11 Å². The molecule has 1 aliphatic rings. The normalized spacial score (nSPS) is 19.3. The predicted octanol–water partition coefficient (Wildman–Crippen LogP) is 4.20. The number of aryl methyl sites for hydroxylation is 1. The van der Waals surface area contributed by atoms with Crippen molar-refractivity contribution >= 4 is 10.9 Å². The van der Waals surface area contributed by atoms with Gasteiger partial charge >= 0.3 is 0 Å². The summed E-state index contributed by atoms with van der Waals surface area (Å²) in [4.78, 5) is 4.56. The molecule has 2 unspecified atom stereocenters. The molecule has 116 valence electrons. The van der Waals surface area contributed by atoms with Crippen molar-refractivity contribution in [1.82, 2.24) is 4.98 Å². The highest BCUT2D eigenvalue weighted by atomic mass is 16.5. The molecule has 1 aliphatic carbocycles. The van der Waals surface area contributed by atoms with E-state index in [4.69, 9.17) is 4.74 Å². The van der Waals surface area contributed by atoms with Crippen molar-refractivity contribution in [3.05, 3.63) is 47.5 Å². The van der Waals surface area contributed by atoms with E-state index in [1.807, 2.05) is 12.1 Å².